The van der Waals surface area contributed by atoms with Crippen molar-refractivity contribution in [2.45, 2.75) is 205 Å². The Morgan fingerprint density at radius 2 is 0.987 bits per heavy atom. The van der Waals surface area contributed by atoms with Crippen LogP contribution in [0, 0.1) is 5.92 Å². The lowest BCUT2D eigenvalue weighted by atomic mass is 10.0. The molecule has 0 aliphatic carbocycles. The van der Waals surface area contributed by atoms with Crippen LogP contribution in [0.2, 0.25) is 0 Å². The van der Waals surface area contributed by atoms with Gasteiger partial charge >= 0.3 is 0 Å². The number of rotatable bonds is 45. The summed E-state index contributed by atoms with van der Waals surface area (Å²) in [6.45, 7) is 5.33. The number of carbonyl (C=O) groups is 8. The molecule has 0 radical (unpaired) electrons. The fourth-order valence-corrected chi connectivity index (χ4v) is 9.42. The van der Waals surface area contributed by atoms with Gasteiger partial charge in [-0.3, -0.25) is 38.4 Å². The zero-order valence-electron chi connectivity index (χ0n) is 45.9. The number of sulfonamides is 1. The van der Waals surface area contributed by atoms with Gasteiger partial charge in [0.1, 0.15) is 36.0 Å². The Morgan fingerprint density at radius 3 is 1.43 bits per heavy atom. The van der Waals surface area contributed by atoms with Gasteiger partial charge in [-0.05, 0) is 94.5 Å². The average Bonchev–Trinajstić information content (AvgIpc) is 3.37. The fourth-order valence-electron chi connectivity index (χ4n) is 8.34. The molecule has 0 spiro atoms. The number of benzene rings is 1. The number of amides is 8. The van der Waals surface area contributed by atoms with E-state index in [2.05, 4.69) is 48.9 Å². The second-order valence-corrected chi connectivity index (χ2v) is 22.0. The van der Waals surface area contributed by atoms with E-state index in [9.17, 15) is 51.9 Å². The molecule has 0 aliphatic rings. The lowest BCUT2D eigenvalue weighted by Gasteiger charge is -2.27. The SMILES string of the molecule is CCCCCCCCCCCCCCCCS(=O)(=O)NCC(=O)NCC(=O)N[C@@H](Cc1ccc(O)cc1)C(=O)N[C@@H](CCC(N)=O)C(=O)N[C@@H](CCCCN)C(=O)N[C@@H](CCCCN)C(=O)N[C@@H](CC(C)C)C(=O)NC. The molecule has 434 valence electrons. The highest BCUT2D eigenvalue weighted by Gasteiger charge is 2.33. The number of primary amides is 1. The van der Waals surface area contributed by atoms with Crippen LogP contribution < -0.4 is 59.1 Å². The standard InChI is InChI=1S/C53H95N11O11S/c1-5-6-7-8-9-10-11-12-13-14-15-16-17-22-33-76(74,75)59-37-47(67)58-36-48(68)60-45(35-39-25-27-40(65)28-26-39)53(73)63-43(29-30-46(56)66)52(72)62-41(23-18-20-31-54)50(70)61-42(24-19-21-32-55)51(71)64-44(34-38(2)3)49(69)57-4/h25-28,38,41-45,59,65H,5-24,29-37,54-55H2,1-4H3,(H2,56,66)(H,57,69)(H,58,67)(H,60,68)(H,61,70)(H,62,72)(H,63,73)(H,64,71)/t41-,42-,43-,44-,45-/m0/s1. The van der Waals surface area contributed by atoms with E-state index in [1.807, 2.05) is 13.8 Å². The third-order valence-electron chi connectivity index (χ3n) is 12.8. The number of hydrogen-bond acceptors (Lipinski definition) is 13. The summed E-state index contributed by atoms with van der Waals surface area (Å²) in [5.41, 5.74) is 17.4. The lowest BCUT2D eigenvalue weighted by Crippen LogP contribution is -2.59. The van der Waals surface area contributed by atoms with Gasteiger partial charge < -0.3 is 59.5 Å². The summed E-state index contributed by atoms with van der Waals surface area (Å²) in [7, 11) is -2.33. The van der Waals surface area contributed by atoms with E-state index in [1.54, 1.807) is 0 Å². The second-order valence-electron chi connectivity index (χ2n) is 20.1. The topological polar surface area (TPSA) is 365 Å². The van der Waals surface area contributed by atoms with Crippen LogP contribution in [-0.4, -0.2) is 130 Å². The highest BCUT2D eigenvalue weighted by molar-refractivity contribution is 7.89. The first-order valence-electron chi connectivity index (χ1n) is 27.7. The van der Waals surface area contributed by atoms with Crippen LogP contribution in [0.25, 0.3) is 0 Å². The summed E-state index contributed by atoms with van der Waals surface area (Å²) in [5.74, 6) is -6.18. The summed E-state index contributed by atoms with van der Waals surface area (Å²) in [5, 5.41) is 28.0. The van der Waals surface area contributed by atoms with Crippen LogP contribution in [0.15, 0.2) is 24.3 Å². The normalized spacial score (nSPS) is 13.4. The third-order valence-corrected chi connectivity index (χ3v) is 14.2. The van der Waals surface area contributed by atoms with Gasteiger partial charge in [-0.2, -0.15) is 0 Å². The maximum atomic E-state index is 14.1. The molecule has 15 N–H and O–H groups in total. The smallest absolute Gasteiger partial charge is 0.243 e. The molecule has 5 atom stereocenters. The van der Waals surface area contributed by atoms with Gasteiger partial charge in [0.15, 0.2) is 0 Å². The molecular weight excluding hydrogens is 999 g/mol. The van der Waals surface area contributed by atoms with E-state index >= 15 is 0 Å². The highest BCUT2D eigenvalue weighted by atomic mass is 32.2. The molecule has 0 fully saturated rings. The maximum Gasteiger partial charge on any atom is 0.243 e. The predicted octanol–water partition coefficient (Wildman–Crippen LogP) is 2.19. The second kappa shape index (κ2) is 40.8. The third kappa shape index (κ3) is 32.9. The van der Waals surface area contributed by atoms with Crippen LogP contribution in [0.4, 0.5) is 0 Å². The Morgan fingerprint density at radius 1 is 0.539 bits per heavy atom. The maximum absolute atomic E-state index is 14.1. The molecular formula is C53H95N11O11S. The monoisotopic (exact) mass is 1090 g/mol. The first kappa shape index (κ1) is 68.6. The van der Waals surface area contributed by atoms with Crippen molar-refractivity contribution < 1.29 is 51.9 Å². The van der Waals surface area contributed by atoms with Gasteiger partial charge in [0.2, 0.25) is 57.3 Å². The molecule has 8 amide bonds. The summed E-state index contributed by atoms with van der Waals surface area (Å²) in [4.78, 5) is 107. The van der Waals surface area contributed by atoms with Crippen molar-refractivity contribution in [1.29, 1.82) is 0 Å². The number of nitrogens with two attached hydrogens (primary N) is 3. The van der Waals surface area contributed by atoms with Crippen molar-refractivity contribution in [1.82, 2.24) is 41.9 Å². The van der Waals surface area contributed by atoms with E-state index in [0.29, 0.717) is 50.6 Å². The van der Waals surface area contributed by atoms with Crippen LogP contribution >= 0.6 is 0 Å². The number of phenols is 1. The minimum absolute atomic E-state index is 0.0425. The highest BCUT2D eigenvalue weighted by Crippen LogP contribution is 2.15. The van der Waals surface area contributed by atoms with Crippen molar-refractivity contribution in [2.24, 2.45) is 23.1 Å². The molecule has 0 aromatic heterocycles. The number of aromatic hydroxyl groups is 1. The molecule has 76 heavy (non-hydrogen) atoms. The van der Waals surface area contributed by atoms with E-state index in [1.165, 1.54) is 89.1 Å². The Balaban J connectivity index is 3.07. The van der Waals surface area contributed by atoms with Crippen LogP contribution in [0.5, 0.6) is 5.75 Å². The molecule has 22 nitrogen and oxygen atoms in total. The molecule has 0 unspecified atom stereocenters. The van der Waals surface area contributed by atoms with Crippen molar-refractivity contribution in [3.05, 3.63) is 29.8 Å². The molecule has 0 bridgehead atoms. The van der Waals surface area contributed by atoms with E-state index in [4.69, 9.17) is 17.2 Å². The van der Waals surface area contributed by atoms with Gasteiger partial charge in [0.05, 0.1) is 18.8 Å². The van der Waals surface area contributed by atoms with Crippen molar-refractivity contribution >= 4 is 57.3 Å². The quantitative estimate of drug-likeness (QED) is 0.0418. The summed E-state index contributed by atoms with van der Waals surface area (Å²) >= 11 is 0. The van der Waals surface area contributed by atoms with Gasteiger partial charge in [0.25, 0.3) is 0 Å². The minimum Gasteiger partial charge on any atom is -0.508 e. The Labute approximate surface area is 452 Å². The lowest BCUT2D eigenvalue weighted by molar-refractivity contribution is -0.135. The van der Waals surface area contributed by atoms with Crippen molar-refractivity contribution in [3.8, 4) is 5.75 Å². The predicted molar refractivity (Wildman–Crippen MR) is 294 cm³/mol. The van der Waals surface area contributed by atoms with Gasteiger partial charge in [-0.15, -0.1) is 0 Å². The fraction of sp³-hybridized carbons (Fsp3) is 0.736. The molecule has 1 rings (SSSR count). The molecule has 1 aromatic rings. The van der Waals surface area contributed by atoms with E-state index in [-0.39, 0.29) is 56.1 Å². The average molecular weight is 1090 g/mol. The molecule has 0 aliphatic heterocycles. The van der Waals surface area contributed by atoms with E-state index in [0.717, 1.165) is 25.7 Å². The molecule has 0 heterocycles. The van der Waals surface area contributed by atoms with Crippen molar-refractivity contribution in [2.75, 3.05) is 39.0 Å². The first-order valence-corrected chi connectivity index (χ1v) is 29.3. The number of nitrogens with one attached hydrogen (secondary N) is 8. The molecule has 23 heteroatoms. The summed E-state index contributed by atoms with van der Waals surface area (Å²) in [6.07, 6.45) is 17.2. The number of phenolic OH excluding ortho intramolecular Hbond substituents is 1. The van der Waals surface area contributed by atoms with E-state index < -0.39 is 101 Å². The Kier molecular flexibility index (Phi) is 36.8. The number of hydrogen-bond donors (Lipinski definition) is 12. The summed E-state index contributed by atoms with van der Waals surface area (Å²) < 4.78 is 27.5. The largest absolute Gasteiger partial charge is 0.508 e. The first-order chi connectivity index (χ1) is 36.2. The van der Waals surface area contributed by atoms with Gasteiger partial charge in [0, 0.05) is 19.9 Å². The Hall–Kier alpha value is -5.39. The number of likely N-dealkylation sites (N-methyl/N-ethyl adjacent to an activating group) is 1. The van der Waals surface area contributed by atoms with Gasteiger partial charge in [-0.1, -0.05) is 116 Å². The number of unbranched alkanes of at least 4 members (excludes halogenated alkanes) is 15. The van der Waals surface area contributed by atoms with Crippen LogP contribution in [-0.2, 0) is 54.8 Å². The minimum atomic E-state index is -3.77. The molecule has 1 aromatic carbocycles. The summed E-state index contributed by atoms with van der Waals surface area (Å²) in [6, 6.07) is -0.447. The zero-order valence-corrected chi connectivity index (χ0v) is 46.8. The number of carbonyl (C=O) groups excluding carboxylic acids is 8. The van der Waals surface area contributed by atoms with Gasteiger partial charge in [-0.25, -0.2) is 13.1 Å². The van der Waals surface area contributed by atoms with Crippen LogP contribution in [0.3, 0.4) is 0 Å². The molecule has 0 saturated carbocycles. The van der Waals surface area contributed by atoms with Crippen LogP contribution in [0.1, 0.15) is 174 Å². The molecule has 0 saturated heterocycles. The van der Waals surface area contributed by atoms with Crippen molar-refractivity contribution in [3.63, 3.8) is 0 Å². The Bertz CT molecular complexity index is 1990. The zero-order chi connectivity index (χ0) is 56.7.